The van der Waals surface area contributed by atoms with Crippen LogP contribution in [0.3, 0.4) is 0 Å². The number of fused-ring (bicyclic) bond motifs is 2. The molecule has 10 rings (SSSR count). The Labute approximate surface area is 485 Å². The lowest BCUT2D eigenvalue weighted by Crippen LogP contribution is -2.55. The minimum absolute atomic E-state index is 0.0216. The first-order valence-corrected chi connectivity index (χ1v) is 28.5. The molecule has 5 aromatic carbocycles. The van der Waals surface area contributed by atoms with Gasteiger partial charge in [0.15, 0.2) is 5.82 Å². The molecule has 436 valence electrons. The summed E-state index contributed by atoms with van der Waals surface area (Å²) in [6, 6.07) is 34.9. The van der Waals surface area contributed by atoms with Gasteiger partial charge in [-0.25, -0.2) is 4.98 Å². The standard InChI is InChI=1S/C63H68F3N13O5/c1-4-57(83)78-31-30-77(37-47(78)20-25-67)58-49-24-29-76(53-11-7-9-45-8-5-6-10-48(45)53)38-52(49)71-62(72-58)68-26-21-56(82)69-35-43-12-14-44(15-13-43)36-75-27-22-42(23-28-75)32-41-16-18-46(19-17-41)79-59(51-33-50(40(2)3)54(80)34-55(51)81)73-74-60(79)61(84)70-39-63(64,65)66/h4-19,33-34,40,42,47,80-81H,1,20-24,26-32,35-39H2,2-3H3,(H,69,82)(H,70,84)(H,68,71,72)/t47-/m1/s1. The predicted molar refractivity (Wildman–Crippen MR) is 315 cm³/mol. The van der Waals surface area contributed by atoms with E-state index in [0.29, 0.717) is 68.8 Å². The van der Waals surface area contributed by atoms with Crippen molar-refractivity contribution in [3.8, 4) is 34.6 Å². The van der Waals surface area contributed by atoms with Crippen molar-refractivity contribution < 1.29 is 37.8 Å². The van der Waals surface area contributed by atoms with E-state index in [1.54, 1.807) is 17.0 Å². The van der Waals surface area contributed by atoms with Gasteiger partial charge in [-0.1, -0.05) is 93.2 Å². The maximum absolute atomic E-state index is 13.2. The molecular weight excluding hydrogens is 1080 g/mol. The lowest BCUT2D eigenvalue weighted by atomic mass is 9.90. The molecule has 0 radical (unpaired) electrons. The fourth-order valence-corrected chi connectivity index (χ4v) is 11.6. The van der Waals surface area contributed by atoms with Crippen molar-refractivity contribution in [2.45, 2.75) is 90.1 Å². The van der Waals surface area contributed by atoms with Crippen molar-refractivity contribution in [2.24, 2.45) is 5.92 Å². The number of hydrogen-bond acceptors (Lipinski definition) is 14. The number of phenols is 2. The third-order valence-electron chi connectivity index (χ3n) is 16.0. The van der Waals surface area contributed by atoms with E-state index in [2.05, 4.69) is 96.7 Å². The summed E-state index contributed by atoms with van der Waals surface area (Å²) in [5.74, 6) is -0.784. The SMILES string of the molecule is C=CC(=O)N1CCN(c2nc(NCCC(=O)NCc3ccc(CN4CCC(Cc5ccc(-n6c(C(=O)NCC(F)(F)F)nnc6-c6cc(C(C)C)c(O)cc6O)cc5)CC4)cc3)nc3c2CCN(c2cccc4ccccc24)C3)C[C@H]1CC#N. The van der Waals surface area contributed by atoms with Crippen LogP contribution >= 0.6 is 0 Å². The molecule has 5 heterocycles. The first-order valence-electron chi connectivity index (χ1n) is 28.5. The lowest BCUT2D eigenvalue weighted by molar-refractivity contribution is -0.128. The van der Waals surface area contributed by atoms with Crippen LogP contribution in [0.4, 0.5) is 30.6 Å². The van der Waals surface area contributed by atoms with Crippen LogP contribution in [0.2, 0.25) is 0 Å². The number of aromatic nitrogens is 5. The molecule has 0 aliphatic carbocycles. The Morgan fingerprint density at radius 3 is 2.32 bits per heavy atom. The summed E-state index contributed by atoms with van der Waals surface area (Å²) in [5, 5.41) is 49.8. The molecule has 5 N–H and O–H groups in total. The van der Waals surface area contributed by atoms with Gasteiger partial charge in [0.05, 0.1) is 36.3 Å². The molecule has 3 amide bonds. The van der Waals surface area contributed by atoms with E-state index < -0.39 is 24.5 Å². The Balaban J connectivity index is 0.717. The van der Waals surface area contributed by atoms with E-state index in [9.17, 15) is 43.0 Å². The number of phenolic OH excluding ortho intramolecular Hbond substituents is 2. The van der Waals surface area contributed by atoms with E-state index in [4.69, 9.17) is 9.97 Å². The Morgan fingerprint density at radius 1 is 0.845 bits per heavy atom. The topological polar surface area (TPSA) is 221 Å². The molecule has 7 aromatic rings. The molecule has 84 heavy (non-hydrogen) atoms. The highest BCUT2D eigenvalue weighted by Gasteiger charge is 2.34. The summed E-state index contributed by atoms with van der Waals surface area (Å²) in [6.07, 6.45) is 0.479. The van der Waals surface area contributed by atoms with Gasteiger partial charge < -0.3 is 40.9 Å². The van der Waals surface area contributed by atoms with Gasteiger partial charge in [0.1, 0.15) is 23.9 Å². The number of likely N-dealkylation sites (tertiary alicyclic amines) is 1. The van der Waals surface area contributed by atoms with Crippen molar-refractivity contribution in [1.29, 1.82) is 5.26 Å². The van der Waals surface area contributed by atoms with Crippen molar-refractivity contribution in [1.82, 2.24) is 45.2 Å². The van der Waals surface area contributed by atoms with Crippen molar-refractivity contribution in [2.75, 3.05) is 67.5 Å². The highest BCUT2D eigenvalue weighted by Crippen LogP contribution is 2.39. The highest BCUT2D eigenvalue weighted by molar-refractivity contribution is 5.95. The molecule has 0 saturated carbocycles. The maximum atomic E-state index is 13.2. The minimum atomic E-state index is -4.65. The molecule has 0 unspecified atom stereocenters. The van der Waals surface area contributed by atoms with Gasteiger partial charge >= 0.3 is 6.18 Å². The third kappa shape index (κ3) is 13.6. The molecule has 18 nitrogen and oxygen atoms in total. The minimum Gasteiger partial charge on any atom is -0.508 e. The summed E-state index contributed by atoms with van der Waals surface area (Å²) in [4.78, 5) is 57.9. The second-order valence-corrected chi connectivity index (χ2v) is 22.1. The molecule has 2 saturated heterocycles. The Bertz CT molecular complexity index is 3570. The monoisotopic (exact) mass is 1140 g/mol. The van der Waals surface area contributed by atoms with Gasteiger partial charge in [-0.05, 0) is 109 Å². The van der Waals surface area contributed by atoms with Crippen LogP contribution in [-0.2, 0) is 42.1 Å². The summed E-state index contributed by atoms with van der Waals surface area (Å²) in [6.45, 7) is 11.8. The lowest BCUT2D eigenvalue weighted by Gasteiger charge is -2.42. The molecule has 3 aliphatic rings. The molecule has 2 aromatic heterocycles. The van der Waals surface area contributed by atoms with Gasteiger partial charge in [0, 0.05) is 80.6 Å². The largest absolute Gasteiger partial charge is 0.508 e. The molecule has 3 aliphatic heterocycles. The van der Waals surface area contributed by atoms with Crippen LogP contribution < -0.4 is 25.8 Å². The van der Waals surface area contributed by atoms with E-state index >= 15 is 0 Å². The average molecular weight is 1140 g/mol. The zero-order valence-electron chi connectivity index (χ0n) is 47.1. The van der Waals surface area contributed by atoms with Crippen LogP contribution in [0.15, 0.2) is 116 Å². The predicted octanol–water partition coefficient (Wildman–Crippen LogP) is 8.96. The van der Waals surface area contributed by atoms with Crippen molar-refractivity contribution in [3.63, 3.8) is 0 Å². The summed E-state index contributed by atoms with van der Waals surface area (Å²) >= 11 is 0. The van der Waals surface area contributed by atoms with Crippen molar-refractivity contribution in [3.05, 3.63) is 155 Å². The second kappa shape index (κ2) is 25.6. The zero-order valence-corrected chi connectivity index (χ0v) is 47.1. The number of benzene rings is 5. The summed E-state index contributed by atoms with van der Waals surface area (Å²) in [5.41, 5.74) is 7.31. The Hall–Kier alpha value is -9.03. The van der Waals surface area contributed by atoms with Crippen LogP contribution in [0, 0.1) is 17.2 Å². The van der Waals surface area contributed by atoms with E-state index in [0.717, 1.165) is 84.7 Å². The van der Waals surface area contributed by atoms with Crippen molar-refractivity contribution >= 4 is 45.9 Å². The number of alkyl halides is 3. The van der Waals surface area contributed by atoms with Crippen LogP contribution in [0.25, 0.3) is 27.8 Å². The second-order valence-electron chi connectivity index (χ2n) is 22.1. The number of piperazine rings is 1. The number of halogens is 3. The van der Waals surface area contributed by atoms with Gasteiger partial charge in [0.25, 0.3) is 5.91 Å². The normalized spacial score (nSPS) is 15.9. The number of nitriles is 1. The maximum Gasteiger partial charge on any atom is 0.405 e. The smallest absolute Gasteiger partial charge is 0.405 e. The fourth-order valence-electron chi connectivity index (χ4n) is 11.6. The Morgan fingerprint density at radius 2 is 1.58 bits per heavy atom. The third-order valence-corrected chi connectivity index (χ3v) is 16.0. The first-order chi connectivity index (χ1) is 40.5. The number of carbonyl (C=O) groups excluding carboxylic acids is 3. The number of carbonyl (C=O) groups is 3. The molecule has 1 atom stereocenters. The zero-order chi connectivity index (χ0) is 59.1. The van der Waals surface area contributed by atoms with Gasteiger partial charge in [-0.3, -0.25) is 23.9 Å². The molecule has 0 bridgehead atoms. The molecule has 0 spiro atoms. The average Bonchev–Trinajstić information content (AvgIpc) is 3.85. The quantitative estimate of drug-likeness (QED) is 0.0478. The van der Waals surface area contributed by atoms with Crippen LogP contribution in [0.1, 0.15) is 89.6 Å². The van der Waals surface area contributed by atoms with E-state index in [-0.39, 0.29) is 59.5 Å². The Kier molecular flexibility index (Phi) is 17.7. The number of nitrogens with zero attached hydrogens (tertiary/aromatic N) is 10. The summed E-state index contributed by atoms with van der Waals surface area (Å²) < 4.78 is 40.7. The number of rotatable bonds is 19. The molecular formula is C63H68F3N13O5. The molecule has 2 fully saturated rings. The number of aromatic hydroxyl groups is 2. The summed E-state index contributed by atoms with van der Waals surface area (Å²) in [7, 11) is 0. The number of hydrogen-bond donors (Lipinski definition) is 5. The van der Waals surface area contributed by atoms with Crippen LogP contribution in [0.5, 0.6) is 11.5 Å². The fraction of sp³-hybridized carbons (Fsp3) is 0.365. The number of amides is 3. The van der Waals surface area contributed by atoms with Gasteiger partial charge in [0.2, 0.25) is 23.6 Å². The van der Waals surface area contributed by atoms with Gasteiger partial charge in [-0.2, -0.15) is 23.4 Å². The van der Waals surface area contributed by atoms with Crippen LogP contribution in [-0.4, -0.2) is 127 Å². The van der Waals surface area contributed by atoms with Gasteiger partial charge in [-0.15, -0.1) is 10.2 Å². The number of nitrogens with one attached hydrogen (secondary N) is 3. The first kappa shape index (κ1) is 58.2. The van der Waals surface area contributed by atoms with E-state index in [1.165, 1.54) is 33.7 Å². The highest BCUT2D eigenvalue weighted by atomic mass is 19.4. The number of piperidine rings is 1. The number of anilines is 3. The molecule has 21 heteroatoms. The van der Waals surface area contributed by atoms with E-state index in [1.807, 2.05) is 49.5 Å².